The third-order valence-electron chi connectivity index (χ3n) is 2.37. The molecule has 3 rings (SSSR count). The van der Waals surface area contributed by atoms with Gasteiger partial charge in [0, 0.05) is 5.56 Å². The van der Waals surface area contributed by atoms with E-state index in [-0.39, 0.29) is 9.03 Å². The molecule has 0 amide bonds. The first-order chi connectivity index (χ1) is 6.93. The first-order valence-electron chi connectivity index (χ1n) is 4.49. The second-order valence-corrected chi connectivity index (χ2v) is 3.94. The molecule has 1 aliphatic rings. The van der Waals surface area contributed by atoms with Gasteiger partial charge in [-0.15, -0.1) is 0 Å². The highest BCUT2D eigenvalue weighted by Gasteiger charge is 2.11. The van der Waals surface area contributed by atoms with E-state index in [1.54, 1.807) is 0 Å². The van der Waals surface area contributed by atoms with Gasteiger partial charge in [0.15, 0.2) is 0 Å². The fourth-order valence-corrected chi connectivity index (χ4v) is 2.21. The molecule has 3 heteroatoms. The smallest absolute Gasteiger partial charge is 0.215 e. The molecule has 0 saturated carbocycles. The van der Waals surface area contributed by atoms with Gasteiger partial charge < -0.3 is 9.05 Å². The lowest BCUT2D eigenvalue weighted by atomic mass is 10.1. The van der Waals surface area contributed by atoms with Crippen LogP contribution in [-0.2, 0) is 11.1 Å². The maximum absolute atomic E-state index is 5.44. The summed E-state index contributed by atoms with van der Waals surface area (Å²) < 4.78 is 10.7. The van der Waals surface area contributed by atoms with Crippen molar-refractivity contribution in [2.75, 3.05) is 0 Å². The fourth-order valence-electron chi connectivity index (χ4n) is 1.66. The zero-order valence-corrected chi connectivity index (χ0v) is 8.49. The van der Waals surface area contributed by atoms with E-state index in [1.165, 1.54) is 10.8 Å². The normalized spacial score (nSPS) is 16.6. The Morgan fingerprint density at radius 2 is 1.86 bits per heavy atom. The molecule has 1 aliphatic heterocycles. The molecule has 0 N–H and O–H groups in total. The molecule has 0 fully saturated rings. The highest BCUT2D eigenvalue weighted by molar-refractivity contribution is 7.26. The van der Waals surface area contributed by atoms with E-state index < -0.39 is 0 Å². The van der Waals surface area contributed by atoms with Gasteiger partial charge in [-0.3, -0.25) is 0 Å². The third-order valence-corrected chi connectivity index (χ3v) is 2.93. The largest absolute Gasteiger partial charge is 0.449 e. The lowest BCUT2D eigenvalue weighted by molar-refractivity contribution is 0.294. The lowest BCUT2D eigenvalue weighted by Crippen LogP contribution is -1.97. The van der Waals surface area contributed by atoms with Gasteiger partial charge in [0.05, 0.1) is 6.61 Å². The zero-order chi connectivity index (χ0) is 9.38. The Kier molecular flexibility index (Phi) is 1.90. The molecule has 0 spiro atoms. The second kappa shape index (κ2) is 3.23. The highest BCUT2D eigenvalue weighted by atomic mass is 31.1. The Hall–Kier alpha value is -1.11. The van der Waals surface area contributed by atoms with E-state index in [4.69, 9.17) is 9.05 Å². The summed E-state index contributed by atoms with van der Waals surface area (Å²) in [6, 6.07) is 12.5. The second-order valence-electron chi connectivity index (χ2n) is 3.28. The molecule has 0 radical (unpaired) electrons. The van der Waals surface area contributed by atoms with Crippen molar-refractivity contribution >= 4 is 19.8 Å². The molecule has 2 nitrogen and oxygen atoms in total. The van der Waals surface area contributed by atoms with E-state index in [0.29, 0.717) is 6.61 Å². The molecule has 0 saturated heterocycles. The molecule has 0 bridgehead atoms. The van der Waals surface area contributed by atoms with Crippen molar-refractivity contribution in [3.05, 3.63) is 42.0 Å². The van der Waals surface area contributed by atoms with Gasteiger partial charge in [0.25, 0.3) is 0 Å². The lowest BCUT2D eigenvalue weighted by Gasteiger charge is -2.17. The Bertz CT molecular complexity index is 437. The number of fused-ring (bicyclic) bond motifs is 2. The van der Waals surface area contributed by atoms with Gasteiger partial charge in [-0.2, -0.15) is 0 Å². The molecule has 14 heavy (non-hydrogen) atoms. The number of benzene rings is 2. The van der Waals surface area contributed by atoms with Crippen LogP contribution in [-0.4, -0.2) is 0 Å². The van der Waals surface area contributed by atoms with Crippen molar-refractivity contribution in [3.8, 4) is 5.75 Å². The van der Waals surface area contributed by atoms with Crippen molar-refractivity contribution in [2.45, 2.75) is 6.61 Å². The fraction of sp³-hybridized carbons (Fsp3) is 0.0909. The van der Waals surface area contributed by atoms with Crippen molar-refractivity contribution in [2.24, 2.45) is 0 Å². The van der Waals surface area contributed by atoms with Gasteiger partial charge in [-0.1, -0.05) is 24.3 Å². The molecular weight excluding hydrogens is 195 g/mol. The van der Waals surface area contributed by atoms with E-state index in [1.807, 2.05) is 12.1 Å². The van der Waals surface area contributed by atoms with Gasteiger partial charge in [0.2, 0.25) is 9.03 Å². The van der Waals surface area contributed by atoms with Crippen LogP contribution < -0.4 is 4.52 Å². The van der Waals surface area contributed by atoms with E-state index in [2.05, 4.69) is 24.3 Å². The number of hydrogen-bond acceptors (Lipinski definition) is 2. The summed E-state index contributed by atoms with van der Waals surface area (Å²) in [5.41, 5.74) is 1.14. The SMILES string of the molecule is c1ccc2cc3c(cc2c1)COPO3. The zero-order valence-electron chi connectivity index (χ0n) is 7.49. The monoisotopic (exact) mass is 204 g/mol. The Morgan fingerprint density at radius 3 is 2.71 bits per heavy atom. The molecule has 1 atom stereocenters. The predicted molar refractivity (Wildman–Crippen MR) is 57.7 cm³/mol. The van der Waals surface area contributed by atoms with Crippen LogP contribution in [0.15, 0.2) is 36.4 Å². The maximum Gasteiger partial charge on any atom is 0.215 e. The molecule has 1 unspecified atom stereocenters. The summed E-state index contributed by atoms with van der Waals surface area (Å²) in [4.78, 5) is 0. The number of rotatable bonds is 0. The molecule has 70 valence electrons. The Morgan fingerprint density at radius 1 is 1.07 bits per heavy atom. The maximum atomic E-state index is 5.44. The van der Waals surface area contributed by atoms with Crippen LogP contribution in [0.4, 0.5) is 0 Å². The van der Waals surface area contributed by atoms with Crippen molar-refractivity contribution in [1.29, 1.82) is 0 Å². The van der Waals surface area contributed by atoms with Gasteiger partial charge in [0.1, 0.15) is 5.75 Å². The van der Waals surface area contributed by atoms with Gasteiger partial charge in [-0.05, 0) is 22.9 Å². The summed E-state index contributed by atoms with van der Waals surface area (Å²) in [6.45, 7) is 0.665. The molecule has 0 aliphatic carbocycles. The van der Waals surface area contributed by atoms with Gasteiger partial charge in [-0.25, -0.2) is 0 Å². The number of hydrogen-bond donors (Lipinski definition) is 0. The van der Waals surface area contributed by atoms with Crippen molar-refractivity contribution in [1.82, 2.24) is 0 Å². The van der Waals surface area contributed by atoms with Crippen molar-refractivity contribution < 1.29 is 9.05 Å². The summed E-state index contributed by atoms with van der Waals surface area (Å²) in [7, 11) is 0.140. The Labute approximate surface area is 83.8 Å². The predicted octanol–water partition coefficient (Wildman–Crippen LogP) is 3.26. The molecular formula is C11H9O2P. The topological polar surface area (TPSA) is 18.5 Å². The minimum absolute atomic E-state index is 0.140. The Balaban J connectivity index is 2.27. The first kappa shape index (κ1) is 8.22. The van der Waals surface area contributed by atoms with Crippen molar-refractivity contribution in [3.63, 3.8) is 0 Å². The highest BCUT2D eigenvalue weighted by Crippen LogP contribution is 2.35. The minimum Gasteiger partial charge on any atom is -0.449 e. The van der Waals surface area contributed by atoms with E-state index in [9.17, 15) is 0 Å². The summed E-state index contributed by atoms with van der Waals surface area (Å²) in [5.74, 6) is 0.966. The molecule has 2 aromatic rings. The van der Waals surface area contributed by atoms with Crippen LogP contribution in [0.2, 0.25) is 0 Å². The first-order valence-corrected chi connectivity index (χ1v) is 5.30. The van der Waals surface area contributed by atoms with Crippen LogP contribution in [0.1, 0.15) is 5.56 Å². The minimum atomic E-state index is 0.140. The average molecular weight is 204 g/mol. The van der Waals surface area contributed by atoms with Crippen LogP contribution in [0.5, 0.6) is 5.75 Å². The molecule has 1 heterocycles. The average Bonchev–Trinajstić information content (AvgIpc) is 2.26. The van der Waals surface area contributed by atoms with Crippen LogP contribution in [0, 0.1) is 0 Å². The summed E-state index contributed by atoms with van der Waals surface area (Å²) in [6.07, 6.45) is 0. The summed E-state index contributed by atoms with van der Waals surface area (Å²) >= 11 is 0. The van der Waals surface area contributed by atoms with E-state index in [0.717, 1.165) is 11.3 Å². The van der Waals surface area contributed by atoms with Crippen LogP contribution in [0.25, 0.3) is 10.8 Å². The van der Waals surface area contributed by atoms with Crippen LogP contribution >= 0.6 is 9.03 Å². The van der Waals surface area contributed by atoms with Gasteiger partial charge >= 0.3 is 0 Å². The standard InChI is InChI=1S/C11H9O2P/c1-2-4-9-6-11-10(5-8(9)3-1)7-12-14-13-11/h1-6,14H,7H2. The molecule has 2 aromatic carbocycles. The quantitative estimate of drug-likeness (QED) is 0.613. The summed E-state index contributed by atoms with van der Waals surface area (Å²) in [5, 5.41) is 2.46. The van der Waals surface area contributed by atoms with Crippen LogP contribution in [0.3, 0.4) is 0 Å². The van der Waals surface area contributed by atoms with E-state index >= 15 is 0 Å². The molecule has 0 aromatic heterocycles. The third kappa shape index (κ3) is 1.28.